The first-order valence-corrected chi connectivity index (χ1v) is 11.2. The Morgan fingerprint density at radius 3 is 2.32 bits per heavy atom. The van der Waals surface area contributed by atoms with E-state index in [4.69, 9.17) is 27.9 Å². The highest BCUT2D eigenvalue weighted by Gasteiger charge is 2.23. The number of benzene rings is 2. The van der Waals surface area contributed by atoms with E-state index in [1.807, 2.05) is 30.3 Å². The van der Waals surface area contributed by atoms with Gasteiger partial charge in [0.15, 0.2) is 0 Å². The lowest BCUT2D eigenvalue weighted by Gasteiger charge is -2.09. The van der Waals surface area contributed by atoms with Crippen molar-refractivity contribution in [2.24, 2.45) is 0 Å². The number of ether oxygens (including phenoxy) is 1. The lowest BCUT2D eigenvalue weighted by molar-refractivity contribution is 0.0528. The third-order valence-corrected chi connectivity index (χ3v) is 6.65. The predicted molar refractivity (Wildman–Crippen MR) is 113 cm³/mol. The maximum Gasteiger partial charge on any atom is 0.341 e. The largest absolute Gasteiger partial charge is 0.462 e. The van der Waals surface area contributed by atoms with Crippen LogP contribution in [-0.2, 0) is 14.8 Å². The molecule has 1 N–H and O–H groups in total. The molecule has 0 atom stereocenters. The van der Waals surface area contributed by atoms with Crippen LogP contribution in [0.25, 0.3) is 10.4 Å². The zero-order valence-electron chi connectivity index (χ0n) is 14.6. The summed E-state index contributed by atoms with van der Waals surface area (Å²) >= 11 is 13.0. The molecule has 0 saturated heterocycles. The van der Waals surface area contributed by atoms with E-state index in [1.54, 1.807) is 13.0 Å². The second kappa shape index (κ2) is 8.53. The van der Waals surface area contributed by atoms with Crippen molar-refractivity contribution in [1.82, 2.24) is 0 Å². The van der Waals surface area contributed by atoms with Crippen molar-refractivity contribution in [3.05, 3.63) is 70.2 Å². The zero-order chi connectivity index (χ0) is 20.3. The third-order valence-electron chi connectivity index (χ3n) is 3.66. The minimum atomic E-state index is -4.01. The Hall–Kier alpha value is -2.06. The predicted octanol–water partition coefficient (Wildman–Crippen LogP) is 5.70. The van der Waals surface area contributed by atoms with E-state index < -0.39 is 16.0 Å². The molecule has 0 fully saturated rings. The highest BCUT2D eigenvalue weighted by molar-refractivity contribution is 7.93. The molecular formula is C19H15Cl2NO4S2. The smallest absolute Gasteiger partial charge is 0.341 e. The summed E-state index contributed by atoms with van der Waals surface area (Å²) in [6.45, 7) is 1.85. The van der Waals surface area contributed by atoms with E-state index in [-0.39, 0.29) is 32.1 Å². The minimum Gasteiger partial charge on any atom is -0.462 e. The molecule has 0 amide bonds. The van der Waals surface area contributed by atoms with Gasteiger partial charge in [0.05, 0.1) is 17.1 Å². The number of hydrogen-bond donors (Lipinski definition) is 1. The highest BCUT2D eigenvalue weighted by Crippen LogP contribution is 2.37. The number of nitrogens with one attached hydrogen (secondary N) is 1. The quantitative estimate of drug-likeness (QED) is 0.483. The molecule has 28 heavy (non-hydrogen) atoms. The van der Waals surface area contributed by atoms with Crippen LogP contribution in [0.1, 0.15) is 17.3 Å². The molecule has 1 heterocycles. The minimum absolute atomic E-state index is 0.102. The summed E-state index contributed by atoms with van der Waals surface area (Å²) in [5.41, 5.74) is 0.997. The van der Waals surface area contributed by atoms with Gasteiger partial charge in [-0.05, 0) is 36.8 Å². The van der Waals surface area contributed by atoms with E-state index in [0.29, 0.717) is 0 Å². The molecule has 0 aliphatic heterocycles. The second-order valence-corrected chi connectivity index (χ2v) is 9.26. The molecule has 3 rings (SSSR count). The number of esters is 1. The Balaban J connectivity index is 2.04. The van der Waals surface area contributed by atoms with Crippen molar-refractivity contribution in [3.63, 3.8) is 0 Å². The molecule has 0 aliphatic carbocycles. The number of thiophene rings is 1. The third kappa shape index (κ3) is 4.67. The summed E-state index contributed by atoms with van der Waals surface area (Å²) in [6.07, 6.45) is 0. The Kier molecular flexibility index (Phi) is 6.30. The van der Waals surface area contributed by atoms with Crippen LogP contribution in [0.5, 0.6) is 0 Å². The first-order valence-electron chi connectivity index (χ1n) is 8.15. The van der Waals surface area contributed by atoms with Gasteiger partial charge in [0, 0.05) is 14.9 Å². The molecule has 5 nitrogen and oxygen atoms in total. The second-order valence-electron chi connectivity index (χ2n) is 5.65. The van der Waals surface area contributed by atoms with Crippen LogP contribution in [0.3, 0.4) is 0 Å². The van der Waals surface area contributed by atoms with Crippen LogP contribution >= 0.6 is 34.5 Å². The number of carbonyl (C=O) groups is 1. The summed E-state index contributed by atoms with van der Waals surface area (Å²) in [6, 6.07) is 14.9. The number of carbonyl (C=O) groups excluding carboxylic acids is 1. The Bertz CT molecular complexity index is 1090. The molecule has 2 aromatic carbocycles. The molecule has 0 unspecified atom stereocenters. The average molecular weight is 456 g/mol. The monoisotopic (exact) mass is 455 g/mol. The van der Waals surface area contributed by atoms with Crippen LogP contribution < -0.4 is 4.72 Å². The van der Waals surface area contributed by atoms with Gasteiger partial charge in [0.2, 0.25) is 0 Å². The van der Waals surface area contributed by atoms with E-state index >= 15 is 0 Å². The first-order chi connectivity index (χ1) is 13.3. The van der Waals surface area contributed by atoms with E-state index in [0.717, 1.165) is 21.8 Å². The van der Waals surface area contributed by atoms with Gasteiger partial charge in [-0.15, -0.1) is 11.3 Å². The lowest BCUT2D eigenvalue weighted by Crippen LogP contribution is -2.15. The molecule has 1 aromatic heterocycles. The maximum absolute atomic E-state index is 12.8. The van der Waals surface area contributed by atoms with Crippen molar-refractivity contribution in [2.45, 2.75) is 11.8 Å². The topological polar surface area (TPSA) is 72.5 Å². The van der Waals surface area contributed by atoms with Crippen LogP contribution in [0.2, 0.25) is 10.0 Å². The maximum atomic E-state index is 12.8. The van der Waals surface area contributed by atoms with Crippen LogP contribution in [-0.4, -0.2) is 21.0 Å². The molecule has 0 bridgehead atoms. The number of halogens is 2. The summed E-state index contributed by atoms with van der Waals surface area (Å²) in [5.74, 6) is -0.609. The van der Waals surface area contributed by atoms with Crippen molar-refractivity contribution < 1.29 is 17.9 Å². The number of hydrogen-bond acceptors (Lipinski definition) is 5. The number of rotatable bonds is 6. The summed E-state index contributed by atoms with van der Waals surface area (Å²) in [7, 11) is -4.01. The van der Waals surface area contributed by atoms with Crippen molar-refractivity contribution in [3.8, 4) is 10.4 Å². The van der Waals surface area contributed by atoms with Crippen LogP contribution in [0, 0.1) is 0 Å². The molecule has 0 saturated carbocycles. The van der Waals surface area contributed by atoms with Gasteiger partial charge in [0.25, 0.3) is 10.0 Å². The Morgan fingerprint density at radius 1 is 1.07 bits per heavy atom. The van der Waals surface area contributed by atoms with Gasteiger partial charge in [-0.1, -0.05) is 53.5 Å². The van der Waals surface area contributed by atoms with Crippen LogP contribution in [0.15, 0.2) is 59.5 Å². The van der Waals surface area contributed by atoms with Gasteiger partial charge >= 0.3 is 5.97 Å². The van der Waals surface area contributed by atoms with E-state index in [9.17, 15) is 13.2 Å². The van der Waals surface area contributed by atoms with E-state index in [2.05, 4.69) is 4.72 Å². The number of anilines is 1. The first kappa shape index (κ1) is 20.7. The fourth-order valence-corrected chi connectivity index (χ4v) is 5.53. The van der Waals surface area contributed by atoms with Crippen molar-refractivity contribution >= 4 is 55.5 Å². The van der Waals surface area contributed by atoms with Crippen LogP contribution in [0.4, 0.5) is 5.00 Å². The van der Waals surface area contributed by atoms with E-state index in [1.165, 1.54) is 18.2 Å². The summed E-state index contributed by atoms with van der Waals surface area (Å²) in [5, 5.41) is 0.540. The molecule has 146 valence electrons. The molecule has 0 radical (unpaired) electrons. The lowest BCUT2D eigenvalue weighted by atomic mass is 10.1. The highest BCUT2D eigenvalue weighted by atomic mass is 35.5. The number of sulfonamides is 1. The van der Waals surface area contributed by atoms with Gasteiger partial charge < -0.3 is 4.74 Å². The fraction of sp³-hybridized carbons (Fsp3) is 0.105. The molecule has 3 aromatic rings. The Morgan fingerprint density at radius 2 is 1.71 bits per heavy atom. The summed E-state index contributed by atoms with van der Waals surface area (Å²) in [4.78, 5) is 13.0. The SMILES string of the molecule is CCOC(=O)c1cc(-c2ccccc2)sc1NS(=O)(=O)c1cc(Cl)cc(Cl)c1. The molecule has 0 spiro atoms. The normalized spacial score (nSPS) is 11.2. The molecule has 0 aliphatic rings. The Labute approximate surface area is 176 Å². The van der Waals surface area contributed by atoms with Gasteiger partial charge in [-0.3, -0.25) is 4.72 Å². The summed E-state index contributed by atoms with van der Waals surface area (Å²) < 4.78 is 33.1. The standard InChI is InChI=1S/C19H15Cl2NO4S2/c1-2-26-19(23)16-11-17(12-6-4-3-5-7-12)27-18(16)22-28(24,25)15-9-13(20)8-14(21)10-15/h3-11,22H,2H2,1H3. The van der Waals surface area contributed by atoms with Gasteiger partial charge in [-0.2, -0.15) is 0 Å². The zero-order valence-corrected chi connectivity index (χ0v) is 17.8. The van der Waals surface area contributed by atoms with Crippen molar-refractivity contribution in [2.75, 3.05) is 11.3 Å². The van der Waals surface area contributed by atoms with Gasteiger partial charge in [-0.25, -0.2) is 13.2 Å². The molecular weight excluding hydrogens is 441 g/mol. The van der Waals surface area contributed by atoms with Gasteiger partial charge in [0.1, 0.15) is 5.00 Å². The average Bonchev–Trinajstić information content (AvgIpc) is 3.05. The fourth-order valence-electron chi connectivity index (χ4n) is 2.44. The molecule has 9 heteroatoms. The van der Waals surface area contributed by atoms with Crippen molar-refractivity contribution in [1.29, 1.82) is 0 Å².